The molecule has 1 saturated carbocycles. The van der Waals surface area contributed by atoms with Crippen LogP contribution in [0.1, 0.15) is 75.4 Å². The minimum absolute atomic E-state index is 0.0934. The van der Waals surface area contributed by atoms with Crippen molar-refractivity contribution in [2.24, 2.45) is 11.3 Å². The normalized spacial score (nSPS) is 27.0. The molecule has 1 aromatic heterocycles. The molecule has 2 rings (SSSR count). The number of nitrogens with zero attached hydrogens (tertiary/aromatic N) is 1. The van der Waals surface area contributed by atoms with Gasteiger partial charge in [0, 0.05) is 4.88 Å². The Morgan fingerprint density at radius 1 is 1.29 bits per heavy atom. The lowest BCUT2D eigenvalue weighted by atomic mass is 9.62. The number of aromatic nitrogens is 1. The fraction of sp³-hybridized carbons (Fsp3) is 0.833. The topological polar surface area (TPSA) is 24.9 Å². The second-order valence-electron chi connectivity index (χ2n) is 7.72. The van der Waals surface area contributed by atoms with Gasteiger partial charge in [0.25, 0.3) is 0 Å². The van der Waals surface area contributed by atoms with E-state index in [4.69, 9.17) is 4.98 Å². The molecule has 0 spiro atoms. The molecule has 0 aliphatic heterocycles. The van der Waals surface area contributed by atoms with E-state index in [0.29, 0.717) is 11.3 Å². The lowest BCUT2D eigenvalue weighted by Crippen LogP contribution is -2.54. The largest absolute Gasteiger partial charge is 0.305 e. The van der Waals surface area contributed by atoms with E-state index in [0.717, 1.165) is 6.54 Å². The summed E-state index contributed by atoms with van der Waals surface area (Å²) in [6.45, 7) is 14.9. The Balaban J connectivity index is 2.47. The van der Waals surface area contributed by atoms with Crippen molar-refractivity contribution in [2.45, 2.75) is 79.2 Å². The zero-order chi connectivity index (χ0) is 15.7. The predicted molar refractivity (Wildman–Crippen MR) is 93.0 cm³/mol. The van der Waals surface area contributed by atoms with Gasteiger partial charge >= 0.3 is 0 Å². The third-order valence-electron chi connectivity index (χ3n) is 5.05. The van der Waals surface area contributed by atoms with Gasteiger partial charge < -0.3 is 5.32 Å². The Kier molecular flexibility index (Phi) is 5.15. The molecule has 1 aliphatic rings. The Labute approximate surface area is 134 Å². The summed E-state index contributed by atoms with van der Waals surface area (Å²) in [5.41, 5.74) is 1.62. The summed E-state index contributed by atoms with van der Waals surface area (Å²) in [6, 6.07) is 0. The zero-order valence-electron chi connectivity index (χ0n) is 14.7. The molecule has 0 saturated heterocycles. The molecule has 1 heterocycles. The van der Waals surface area contributed by atoms with Crippen LogP contribution in [0, 0.1) is 25.2 Å². The first kappa shape index (κ1) is 17.0. The number of hydrogen-bond donors (Lipinski definition) is 1. The molecule has 2 nitrogen and oxygen atoms in total. The molecule has 1 aliphatic carbocycles. The van der Waals surface area contributed by atoms with Gasteiger partial charge in [0.15, 0.2) is 0 Å². The second-order valence-corrected chi connectivity index (χ2v) is 8.93. The van der Waals surface area contributed by atoms with E-state index in [1.165, 1.54) is 47.7 Å². The molecule has 1 N–H and O–H groups in total. The monoisotopic (exact) mass is 308 g/mol. The minimum atomic E-state index is 0.0934. The highest BCUT2D eigenvalue weighted by atomic mass is 32.1. The van der Waals surface area contributed by atoms with E-state index >= 15 is 0 Å². The minimum Gasteiger partial charge on any atom is -0.305 e. The van der Waals surface area contributed by atoms with Crippen molar-refractivity contribution >= 4 is 11.3 Å². The molecular formula is C18H32N2S. The summed E-state index contributed by atoms with van der Waals surface area (Å²) in [6.07, 6.45) is 6.42. The average Bonchev–Trinajstić information content (AvgIpc) is 2.76. The molecular weight excluding hydrogens is 276 g/mol. The van der Waals surface area contributed by atoms with Gasteiger partial charge in [-0.1, -0.05) is 40.5 Å². The van der Waals surface area contributed by atoms with Crippen LogP contribution in [-0.2, 0) is 5.54 Å². The first-order valence-electron chi connectivity index (χ1n) is 8.51. The lowest BCUT2D eigenvalue weighted by Gasteiger charge is -2.49. The van der Waals surface area contributed by atoms with Gasteiger partial charge in [0.1, 0.15) is 5.01 Å². The van der Waals surface area contributed by atoms with Gasteiger partial charge in [-0.2, -0.15) is 0 Å². The van der Waals surface area contributed by atoms with Crippen LogP contribution in [-0.4, -0.2) is 11.5 Å². The summed E-state index contributed by atoms with van der Waals surface area (Å²) in [5.74, 6) is 0.662. The van der Waals surface area contributed by atoms with Gasteiger partial charge in [-0.15, -0.1) is 11.3 Å². The highest BCUT2D eigenvalue weighted by Gasteiger charge is 2.48. The first-order chi connectivity index (χ1) is 9.81. The fourth-order valence-electron chi connectivity index (χ4n) is 3.90. The number of thiazole rings is 1. The van der Waals surface area contributed by atoms with Crippen molar-refractivity contribution in [2.75, 3.05) is 6.54 Å². The highest BCUT2D eigenvalue weighted by Crippen LogP contribution is 2.50. The van der Waals surface area contributed by atoms with Crippen LogP contribution in [0.3, 0.4) is 0 Å². The third-order valence-corrected chi connectivity index (χ3v) is 6.31. The van der Waals surface area contributed by atoms with E-state index in [1.807, 2.05) is 11.3 Å². The summed E-state index contributed by atoms with van der Waals surface area (Å²) in [4.78, 5) is 6.35. The number of hydrogen-bond acceptors (Lipinski definition) is 3. The van der Waals surface area contributed by atoms with Crippen LogP contribution < -0.4 is 5.32 Å². The Bertz CT molecular complexity index is 453. The molecule has 2 atom stereocenters. The van der Waals surface area contributed by atoms with Crippen LogP contribution >= 0.6 is 11.3 Å². The third kappa shape index (κ3) is 3.34. The van der Waals surface area contributed by atoms with E-state index in [9.17, 15) is 0 Å². The summed E-state index contributed by atoms with van der Waals surface area (Å²) in [5, 5.41) is 5.28. The van der Waals surface area contributed by atoms with E-state index in [-0.39, 0.29) is 5.54 Å². The average molecular weight is 309 g/mol. The van der Waals surface area contributed by atoms with Gasteiger partial charge in [-0.05, 0) is 51.0 Å². The highest BCUT2D eigenvalue weighted by molar-refractivity contribution is 7.11. The van der Waals surface area contributed by atoms with Crippen molar-refractivity contribution in [3.8, 4) is 0 Å². The molecule has 0 bridgehead atoms. The maximum absolute atomic E-state index is 4.98. The number of aryl methyl sites for hydroxylation is 2. The van der Waals surface area contributed by atoms with Gasteiger partial charge in [-0.3, -0.25) is 0 Å². The van der Waals surface area contributed by atoms with Crippen LogP contribution in [0.2, 0.25) is 0 Å². The number of nitrogens with one attached hydrogen (secondary N) is 1. The zero-order valence-corrected chi connectivity index (χ0v) is 15.5. The summed E-state index contributed by atoms with van der Waals surface area (Å²) in [7, 11) is 0. The summed E-state index contributed by atoms with van der Waals surface area (Å²) >= 11 is 1.92. The molecule has 0 radical (unpaired) electrons. The fourth-order valence-corrected chi connectivity index (χ4v) is 5.06. The number of rotatable bonds is 4. The van der Waals surface area contributed by atoms with Crippen molar-refractivity contribution in [1.29, 1.82) is 0 Å². The van der Waals surface area contributed by atoms with E-state index in [1.54, 1.807) is 0 Å². The molecule has 120 valence electrons. The van der Waals surface area contributed by atoms with Crippen LogP contribution in [0.4, 0.5) is 0 Å². The predicted octanol–water partition coefficient (Wildman–Crippen LogP) is 5.19. The molecule has 0 amide bonds. The quantitative estimate of drug-likeness (QED) is 0.828. The molecule has 2 unspecified atom stereocenters. The maximum Gasteiger partial charge on any atom is 0.114 e. The van der Waals surface area contributed by atoms with E-state index < -0.39 is 0 Å². The Hall–Kier alpha value is -0.410. The molecule has 1 aromatic rings. The van der Waals surface area contributed by atoms with Crippen LogP contribution in [0.25, 0.3) is 0 Å². The van der Waals surface area contributed by atoms with Crippen molar-refractivity contribution in [1.82, 2.24) is 10.3 Å². The molecule has 3 heteroatoms. The van der Waals surface area contributed by atoms with Crippen LogP contribution in [0.5, 0.6) is 0 Å². The standard InChI is InChI=1S/C18H32N2S/c1-7-12-19-18(16-20-13(2)14(3)21-16)11-9-8-10-15(18)17(4,5)6/h15,19H,7-12H2,1-6H3. The maximum atomic E-state index is 4.98. The molecule has 21 heavy (non-hydrogen) atoms. The van der Waals surface area contributed by atoms with Gasteiger partial charge in [-0.25, -0.2) is 4.98 Å². The van der Waals surface area contributed by atoms with Crippen LogP contribution in [0.15, 0.2) is 0 Å². The first-order valence-corrected chi connectivity index (χ1v) is 9.32. The lowest BCUT2D eigenvalue weighted by molar-refractivity contribution is 0.0478. The van der Waals surface area contributed by atoms with Gasteiger partial charge in [0.2, 0.25) is 0 Å². The summed E-state index contributed by atoms with van der Waals surface area (Å²) < 4.78 is 0. The Morgan fingerprint density at radius 2 is 2.00 bits per heavy atom. The van der Waals surface area contributed by atoms with Gasteiger partial charge in [0.05, 0.1) is 11.2 Å². The van der Waals surface area contributed by atoms with Crippen molar-refractivity contribution in [3.05, 3.63) is 15.6 Å². The Morgan fingerprint density at radius 3 is 2.52 bits per heavy atom. The van der Waals surface area contributed by atoms with E-state index in [2.05, 4.69) is 46.9 Å². The molecule has 0 aromatic carbocycles. The SMILES string of the molecule is CCCNC1(c2nc(C)c(C)s2)CCCCC1C(C)(C)C. The van der Waals surface area contributed by atoms with Crippen molar-refractivity contribution < 1.29 is 0 Å². The second kappa shape index (κ2) is 6.37. The smallest absolute Gasteiger partial charge is 0.114 e. The van der Waals surface area contributed by atoms with Crippen molar-refractivity contribution in [3.63, 3.8) is 0 Å². The molecule has 1 fully saturated rings.